The second-order valence-electron chi connectivity index (χ2n) is 5.01. The summed E-state index contributed by atoms with van der Waals surface area (Å²) < 4.78 is 23.9. The quantitative estimate of drug-likeness (QED) is 0.778. The molecular formula is C17H14Cl2FNO4. The van der Waals surface area contributed by atoms with E-state index in [4.69, 9.17) is 32.7 Å². The largest absolute Gasteiger partial charge is 0.496 e. The average molecular weight is 386 g/mol. The summed E-state index contributed by atoms with van der Waals surface area (Å²) in [4.78, 5) is 24.3. The van der Waals surface area contributed by atoms with Crippen LogP contribution in [0.15, 0.2) is 36.4 Å². The molecule has 1 amide bonds. The monoisotopic (exact) mass is 385 g/mol. The molecule has 0 radical (unpaired) electrons. The van der Waals surface area contributed by atoms with Crippen molar-refractivity contribution in [3.05, 3.63) is 57.8 Å². The van der Waals surface area contributed by atoms with Crippen molar-refractivity contribution >= 4 is 40.8 Å². The molecular weight excluding hydrogens is 372 g/mol. The number of benzene rings is 2. The van der Waals surface area contributed by atoms with E-state index in [1.807, 2.05) is 0 Å². The zero-order valence-corrected chi connectivity index (χ0v) is 14.8. The van der Waals surface area contributed by atoms with E-state index in [9.17, 15) is 14.0 Å². The highest BCUT2D eigenvalue weighted by Crippen LogP contribution is 2.24. The predicted octanol–water partition coefficient (Wildman–Crippen LogP) is 4.33. The van der Waals surface area contributed by atoms with Crippen molar-refractivity contribution < 1.29 is 23.5 Å². The third-order valence-electron chi connectivity index (χ3n) is 3.22. The first kappa shape index (κ1) is 19.0. The Hall–Kier alpha value is -2.31. The lowest BCUT2D eigenvalue weighted by Gasteiger charge is -2.15. The molecule has 0 aliphatic carbocycles. The van der Waals surface area contributed by atoms with E-state index in [-0.39, 0.29) is 22.0 Å². The molecule has 0 fully saturated rings. The first-order chi connectivity index (χ1) is 11.8. The van der Waals surface area contributed by atoms with E-state index >= 15 is 0 Å². The molecule has 0 saturated carbocycles. The van der Waals surface area contributed by atoms with Crippen LogP contribution in [0.2, 0.25) is 10.0 Å². The molecule has 1 atom stereocenters. The normalized spacial score (nSPS) is 11.6. The van der Waals surface area contributed by atoms with E-state index in [0.29, 0.717) is 5.02 Å². The molecule has 2 rings (SSSR count). The van der Waals surface area contributed by atoms with Crippen molar-refractivity contribution in [1.29, 1.82) is 0 Å². The molecule has 132 valence electrons. The lowest BCUT2D eigenvalue weighted by Crippen LogP contribution is -2.30. The summed E-state index contributed by atoms with van der Waals surface area (Å²) in [5.41, 5.74) is 0.00459. The average Bonchev–Trinajstić information content (AvgIpc) is 2.57. The smallest absolute Gasteiger partial charge is 0.342 e. The number of ether oxygens (including phenoxy) is 2. The zero-order chi connectivity index (χ0) is 18.6. The fourth-order valence-corrected chi connectivity index (χ4v) is 2.27. The SMILES string of the molecule is COc1ccc(Cl)cc1C(=O)O[C@@H](C)C(=O)Nc1ccc(Cl)cc1F. The molecule has 0 spiro atoms. The van der Waals surface area contributed by atoms with Gasteiger partial charge in [-0.2, -0.15) is 0 Å². The number of hydrogen-bond acceptors (Lipinski definition) is 4. The van der Waals surface area contributed by atoms with Crippen LogP contribution in [-0.2, 0) is 9.53 Å². The van der Waals surface area contributed by atoms with E-state index in [0.717, 1.165) is 6.07 Å². The number of esters is 1. The van der Waals surface area contributed by atoms with Gasteiger partial charge in [-0.05, 0) is 43.3 Å². The molecule has 5 nitrogen and oxygen atoms in total. The molecule has 0 bridgehead atoms. The van der Waals surface area contributed by atoms with Gasteiger partial charge in [0.1, 0.15) is 17.1 Å². The fourth-order valence-electron chi connectivity index (χ4n) is 1.94. The van der Waals surface area contributed by atoms with Gasteiger partial charge >= 0.3 is 5.97 Å². The summed E-state index contributed by atoms with van der Waals surface area (Å²) in [7, 11) is 1.39. The second-order valence-corrected chi connectivity index (χ2v) is 5.88. The van der Waals surface area contributed by atoms with Gasteiger partial charge in [0.2, 0.25) is 0 Å². The maximum atomic E-state index is 13.7. The molecule has 0 aromatic heterocycles. The molecule has 0 heterocycles. The maximum absolute atomic E-state index is 13.7. The molecule has 25 heavy (non-hydrogen) atoms. The van der Waals surface area contributed by atoms with Crippen molar-refractivity contribution in [1.82, 2.24) is 0 Å². The third-order valence-corrected chi connectivity index (χ3v) is 3.69. The molecule has 1 N–H and O–H groups in total. The van der Waals surface area contributed by atoms with Crippen LogP contribution in [0.3, 0.4) is 0 Å². The van der Waals surface area contributed by atoms with Crippen molar-refractivity contribution in [2.75, 3.05) is 12.4 Å². The highest BCUT2D eigenvalue weighted by Gasteiger charge is 2.22. The van der Waals surface area contributed by atoms with Crippen molar-refractivity contribution in [2.24, 2.45) is 0 Å². The number of nitrogens with one attached hydrogen (secondary N) is 1. The Bertz CT molecular complexity index is 813. The van der Waals surface area contributed by atoms with Gasteiger partial charge < -0.3 is 14.8 Å². The van der Waals surface area contributed by atoms with Gasteiger partial charge in [-0.1, -0.05) is 23.2 Å². The lowest BCUT2D eigenvalue weighted by atomic mass is 10.2. The van der Waals surface area contributed by atoms with Crippen LogP contribution in [0.5, 0.6) is 5.75 Å². The Kier molecular flexibility index (Phi) is 6.22. The van der Waals surface area contributed by atoms with Crippen LogP contribution in [0.25, 0.3) is 0 Å². The van der Waals surface area contributed by atoms with Crippen LogP contribution in [0.1, 0.15) is 17.3 Å². The van der Waals surface area contributed by atoms with Crippen LogP contribution >= 0.6 is 23.2 Å². The first-order valence-electron chi connectivity index (χ1n) is 7.12. The summed E-state index contributed by atoms with van der Waals surface area (Å²) in [6, 6.07) is 8.22. The maximum Gasteiger partial charge on any atom is 0.342 e. The molecule has 0 aliphatic heterocycles. The van der Waals surface area contributed by atoms with Gasteiger partial charge in [0.15, 0.2) is 6.10 Å². The number of carbonyl (C=O) groups excluding carboxylic acids is 2. The van der Waals surface area contributed by atoms with E-state index in [1.165, 1.54) is 38.3 Å². The Morgan fingerprint density at radius 3 is 2.40 bits per heavy atom. The summed E-state index contributed by atoms with van der Waals surface area (Å²) in [6.07, 6.45) is -1.17. The van der Waals surface area contributed by atoms with E-state index in [1.54, 1.807) is 6.07 Å². The third kappa shape index (κ3) is 4.84. The van der Waals surface area contributed by atoms with E-state index in [2.05, 4.69) is 5.32 Å². The van der Waals surface area contributed by atoms with Crippen molar-refractivity contribution in [3.8, 4) is 5.75 Å². The van der Waals surface area contributed by atoms with Gasteiger partial charge in [-0.3, -0.25) is 4.79 Å². The Labute approximate surface area is 153 Å². The van der Waals surface area contributed by atoms with E-state index < -0.39 is 23.8 Å². The fraction of sp³-hybridized carbons (Fsp3) is 0.176. The van der Waals surface area contributed by atoms with Crippen LogP contribution in [0, 0.1) is 5.82 Å². The molecule has 0 aliphatic rings. The Morgan fingerprint density at radius 1 is 1.12 bits per heavy atom. The molecule has 0 saturated heterocycles. The summed E-state index contributed by atoms with van der Waals surface area (Å²) >= 11 is 11.5. The summed E-state index contributed by atoms with van der Waals surface area (Å²) in [5.74, 6) is -1.93. The lowest BCUT2D eigenvalue weighted by molar-refractivity contribution is -0.123. The standard InChI is InChI=1S/C17H14Cl2FNO4/c1-9(16(22)21-14-5-3-11(19)8-13(14)20)25-17(23)12-7-10(18)4-6-15(12)24-2/h3-9H,1-2H3,(H,21,22)/t9-/m0/s1. The van der Waals surface area contributed by atoms with Crippen LogP contribution in [0.4, 0.5) is 10.1 Å². The molecule has 2 aromatic carbocycles. The Morgan fingerprint density at radius 2 is 1.76 bits per heavy atom. The van der Waals surface area contributed by atoms with Gasteiger partial charge in [0, 0.05) is 10.0 Å². The predicted molar refractivity (Wildman–Crippen MR) is 92.9 cm³/mol. The van der Waals surface area contributed by atoms with Crippen molar-refractivity contribution in [3.63, 3.8) is 0 Å². The zero-order valence-electron chi connectivity index (χ0n) is 13.3. The number of hydrogen-bond donors (Lipinski definition) is 1. The molecule has 8 heteroatoms. The number of rotatable bonds is 5. The number of anilines is 1. The summed E-state index contributed by atoms with van der Waals surface area (Å²) in [6.45, 7) is 1.36. The minimum absolute atomic E-state index is 0.0716. The van der Waals surface area contributed by atoms with Gasteiger partial charge in [-0.15, -0.1) is 0 Å². The molecule has 0 unspecified atom stereocenters. The van der Waals surface area contributed by atoms with Gasteiger partial charge in [-0.25, -0.2) is 9.18 Å². The van der Waals surface area contributed by atoms with Crippen LogP contribution < -0.4 is 10.1 Å². The number of carbonyl (C=O) groups is 2. The minimum atomic E-state index is -1.17. The number of halogens is 3. The summed E-state index contributed by atoms with van der Waals surface area (Å²) in [5, 5.41) is 2.84. The highest BCUT2D eigenvalue weighted by atomic mass is 35.5. The van der Waals surface area contributed by atoms with Gasteiger partial charge in [0.25, 0.3) is 5.91 Å². The first-order valence-corrected chi connectivity index (χ1v) is 7.88. The Balaban J connectivity index is 2.08. The number of amides is 1. The highest BCUT2D eigenvalue weighted by molar-refractivity contribution is 6.31. The minimum Gasteiger partial charge on any atom is -0.496 e. The molecule has 2 aromatic rings. The van der Waals surface area contributed by atoms with Crippen molar-refractivity contribution in [2.45, 2.75) is 13.0 Å². The second kappa shape index (κ2) is 8.18. The number of methoxy groups -OCH3 is 1. The topological polar surface area (TPSA) is 64.6 Å². The van der Waals surface area contributed by atoms with Gasteiger partial charge in [0.05, 0.1) is 12.8 Å². The van der Waals surface area contributed by atoms with Crippen LogP contribution in [-0.4, -0.2) is 25.1 Å².